The lowest BCUT2D eigenvalue weighted by Gasteiger charge is -2.34. The monoisotopic (exact) mass is 385 g/mol. The average molecular weight is 386 g/mol. The van der Waals surface area contributed by atoms with Crippen LogP contribution in [0.25, 0.3) is 0 Å². The maximum absolute atomic E-state index is 12.3. The van der Waals surface area contributed by atoms with E-state index in [2.05, 4.69) is 5.32 Å². The van der Waals surface area contributed by atoms with E-state index in [0.29, 0.717) is 37.6 Å². The van der Waals surface area contributed by atoms with E-state index in [4.69, 9.17) is 11.6 Å². The van der Waals surface area contributed by atoms with Gasteiger partial charge in [0, 0.05) is 53.5 Å². The van der Waals surface area contributed by atoms with E-state index in [1.54, 1.807) is 23.3 Å². The highest BCUT2D eigenvalue weighted by Crippen LogP contribution is 2.13. The van der Waals surface area contributed by atoms with Crippen molar-refractivity contribution < 1.29 is 13.8 Å². The van der Waals surface area contributed by atoms with Gasteiger partial charge in [-0.15, -0.1) is 0 Å². The number of halogens is 1. The Morgan fingerprint density at radius 3 is 2.60 bits per heavy atom. The standard InChI is InChI=1S/C17H24ClN3O3S/c1-13(25(2)24)7-8-19-17(23)21-10-9-20(16(22)12-21)11-14-3-5-15(18)6-4-14/h3-6,13H,7-12H2,1-2H3,(H,19,23). The third-order valence-corrected chi connectivity index (χ3v) is 5.91. The van der Waals surface area contributed by atoms with Crippen LogP contribution in [0.3, 0.4) is 0 Å². The summed E-state index contributed by atoms with van der Waals surface area (Å²) in [5.74, 6) is -0.0700. The number of nitrogens with one attached hydrogen (secondary N) is 1. The summed E-state index contributed by atoms with van der Waals surface area (Å²) in [4.78, 5) is 27.7. The molecule has 2 rings (SSSR count). The third kappa shape index (κ3) is 6.01. The molecule has 0 aliphatic carbocycles. The molecule has 25 heavy (non-hydrogen) atoms. The van der Waals surface area contributed by atoms with E-state index < -0.39 is 10.8 Å². The minimum Gasteiger partial charge on any atom is -0.338 e. The Hall–Kier alpha value is -1.60. The summed E-state index contributed by atoms with van der Waals surface area (Å²) in [6.45, 7) is 3.95. The van der Waals surface area contributed by atoms with Crippen molar-refractivity contribution in [1.29, 1.82) is 0 Å². The molecular weight excluding hydrogens is 362 g/mol. The minimum atomic E-state index is -0.895. The molecule has 1 heterocycles. The van der Waals surface area contributed by atoms with E-state index in [0.717, 1.165) is 5.56 Å². The number of urea groups is 1. The molecule has 0 radical (unpaired) electrons. The Morgan fingerprint density at radius 1 is 1.32 bits per heavy atom. The number of nitrogens with zero attached hydrogens (tertiary/aromatic N) is 2. The van der Waals surface area contributed by atoms with Crippen molar-refractivity contribution in [3.63, 3.8) is 0 Å². The van der Waals surface area contributed by atoms with Gasteiger partial charge in [0.25, 0.3) is 0 Å². The van der Waals surface area contributed by atoms with Crippen LogP contribution in [0.4, 0.5) is 4.79 Å². The molecule has 2 unspecified atom stereocenters. The Kier molecular flexibility index (Phi) is 7.25. The number of carbonyl (C=O) groups is 2. The Morgan fingerprint density at radius 2 is 2.00 bits per heavy atom. The second-order valence-corrected chi connectivity index (χ2v) is 8.43. The van der Waals surface area contributed by atoms with Crippen LogP contribution in [0.15, 0.2) is 24.3 Å². The molecule has 6 nitrogen and oxygen atoms in total. The van der Waals surface area contributed by atoms with Crippen molar-refractivity contribution in [2.24, 2.45) is 0 Å². The first-order valence-electron chi connectivity index (χ1n) is 8.24. The number of hydrogen-bond acceptors (Lipinski definition) is 3. The first-order chi connectivity index (χ1) is 11.9. The van der Waals surface area contributed by atoms with Crippen LogP contribution in [0.1, 0.15) is 18.9 Å². The zero-order chi connectivity index (χ0) is 18.4. The molecule has 1 fully saturated rings. The van der Waals surface area contributed by atoms with Gasteiger partial charge in [-0.3, -0.25) is 9.00 Å². The van der Waals surface area contributed by atoms with Gasteiger partial charge >= 0.3 is 6.03 Å². The second kappa shape index (κ2) is 9.20. The van der Waals surface area contributed by atoms with Crippen LogP contribution < -0.4 is 5.32 Å². The van der Waals surface area contributed by atoms with Crippen molar-refractivity contribution in [1.82, 2.24) is 15.1 Å². The Balaban J connectivity index is 1.78. The van der Waals surface area contributed by atoms with Gasteiger partial charge in [-0.05, 0) is 24.1 Å². The largest absolute Gasteiger partial charge is 0.338 e. The Bertz CT molecular complexity index is 639. The zero-order valence-electron chi connectivity index (χ0n) is 14.5. The number of carbonyl (C=O) groups excluding carboxylic acids is 2. The summed E-state index contributed by atoms with van der Waals surface area (Å²) in [6, 6.07) is 7.15. The molecule has 0 aromatic heterocycles. The summed E-state index contributed by atoms with van der Waals surface area (Å²) in [6.07, 6.45) is 2.31. The molecule has 1 aromatic rings. The lowest BCUT2D eigenvalue weighted by Crippen LogP contribution is -2.54. The second-order valence-electron chi connectivity index (χ2n) is 6.19. The van der Waals surface area contributed by atoms with Gasteiger partial charge < -0.3 is 15.1 Å². The van der Waals surface area contributed by atoms with Gasteiger partial charge in [0.1, 0.15) is 6.54 Å². The highest BCUT2D eigenvalue weighted by atomic mass is 35.5. The van der Waals surface area contributed by atoms with Crippen LogP contribution in [-0.4, -0.2) is 63.6 Å². The molecule has 0 bridgehead atoms. The molecule has 0 saturated carbocycles. The lowest BCUT2D eigenvalue weighted by molar-refractivity contribution is -0.135. The van der Waals surface area contributed by atoms with Gasteiger partial charge in [0.2, 0.25) is 5.91 Å². The van der Waals surface area contributed by atoms with Crippen LogP contribution in [0.2, 0.25) is 5.02 Å². The topological polar surface area (TPSA) is 69.7 Å². The van der Waals surface area contributed by atoms with E-state index in [1.165, 1.54) is 4.90 Å². The van der Waals surface area contributed by atoms with Crippen LogP contribution >= 0.6 is 11.6 Å². The van der Waals surface area contributed by atoms with Gasteiger partial charge in [0.05, 0.1) is 0 Å². The van der Waals surface area contributed by atoms with Crippen LogP contribution in [-0.2, 0) is 22.1 Å². The molecule has 2 atom stereocenters. The summed E-state index contributed by atoms with van der Waals surface area (Å²) >= 11 is 5.87. The number of benzene rings is 1. The summed E-state index contributed by atoms with van der Waals surface area (Å²) in [5, 5.41) is 3.50. The normalized spacial score (nSPS) is 17.3. The van der Waals surface area contributed by atoms with Crippen molar-refractivity contribution in [3.8, 4) is 0 Å². The summed E-state index contributed by atoms with van der Waals surface area (Å²) in [5.41, 5.74) is 1.01. The molecule has 1 saturated heterocycles. The number of hydrogen-bond donors (Lipinski definition) is 1. The molecular formula is C17H24ClN3O3S. The van der Waals surface area contributed by atoms with E-state index in [1.807, 2.05) is 19.1 Å². The number of piperazine rings is 1. The SMILES string of the molecule is CC(CCNC(=O)N1CCN(Cc2ccc(Cl)cc2)C(=O)C1)S(C)=O. The minimum absolute atomic E-state index is 0.0400. The molecule has 0 spiro atoms. The first kappa shape index (κ1) is 19.7. The predicted octanol–water partition coefficient (Wildman–Crippen LogP) is 1.85. The zero-order valence-corrected chi connectivity index (χ0v) is 16.1. The van der Waals surface area contributed by atoms with E-state index in [9.17, 15) is 13.8 Å². The van der Waals surface area contributed by atoms with Gasteiger partial charge in [0.15, 0.2) is 0 Å². The van der Waals surface area contributed by atoms with Gasteiger partial charge in [-0.1, -0.05) is 30.7 Å². The molecule has 3 amide bonds. The average Bonchev–Trinajstić information content (AvgIpc) is 2.58. The molecule has 1 N–H and O–H groups in total. The fraction of sp³-hybridized carbons (Fsp3) is 0.529. The first-order valence-corrected chi connectivity index (χ1v) is 10.2. The highest BCUT2D eigenvalue weighted by Gasteiger charge is 2.27. The Labute approximate surface area is 156 Å². The molecule has 1 aliphatic rings. The number of amides is 3. The summed E-state index contributed by atoms with van der Waals surface area (Å²) < 4.78 is 11.3. The maximum Gasteiger partial charge on any atom is 0.317 e. The van der Waals surface area contributed by atoms with Crippen LogP contribution in [0, 0.1) is 0 Å². The molecule has 1 aromatic carbocycles. The lowest BCUT2D eigenvalue weighted by atomic mass is 10.2. The van der Waals surface area contributed by atoms with Crippen molar-refractivity contribution in [3.05, 3.63) is 34.9 Å². The molecule has 8 heteroatoms. The molecule has 1 aliphatic heterocycles. The third-order valence-electron chi connectivity index (χ3n) is 4.29. The highest BCUT2D eigenvalue weighted by molar-refractivity contribution is 7.84. The van der Waals surface area contributed by atoms with E-state index in [-0.39, 0.29) is 23.7 Å². The smallest absolute Gasteiger partial charge is 0.317 e. The van der Waals surface area contributed by atoms with Crippen LogP contribution in [0.5, 0.6) is 0 Å². The number of rotatable bonds is 6. The van der Waals surface area contributed by atoms with Crippen molar-refractivity contribution >= 4 is 34.3 Å². The van der Waals surface area contributed by atoms with E-state index >= 15 is 0 Å². The fourth-order valence-electron chi connectivity index (χ4n) is 2.52. The van der Waals surface area contributed by atoms with Crippen molar-refractivity contribution in [2.75, 3.05) is 32.4 Å². The summed E-state index contributed by atoms with van der Waals surface area (Å²) in [7, 11) is -0.895. The fourth-order valence-corrected chi connectivity index (χ4v) is 3.10. The van der Waals surface area contributed by atoms with Crippen molar-refractivity contribution in [2.45, 2.75) is 25.1 Å². The molecule has 138 valence electrons. The quantitative estimate of drug-likeness (QED) is 0.812. The predicted molar refractivity (Wildman–Crippen MR) is 100.0 cm³/mol. The van der Waals surface area contributed by atoms with Gasteiger partial charge in [-0.25, -0.2) is 4.79 Å². The van der Waals surface area contributed by atoms with Gasteiger partial charge in [-0.2, -0.15) is 0 Å². The maximum atomic E-state index is 12.3.